The Bertz CT molecular complexity index is 999. The summed E-state index contributed by atoms with van der Waals surface area (Å²) in [7, 11) is 0. The van der Waals surface area contributed by atoms with Crippen molar-refractivity contribution < 1.29 is 24.2 Å². The predicted molar refractivity (Wildman–Crippen MR) is 119 cm³/mol. The van der Waals surface area contributed by atoms with Crippen LogP contribution < -0.4 is 5.32 Å². The normalized spacial score (nSPS) is 17.0. The number of carboxylic acids is 1. The van der Waals surface area contributed by atoms with Crippen molar-refractivity contribution in [3.05, 3.63) is 59.7 Å². The third-order valence-corrected chi connectivity index (χ3v) is 6.53. The van der Waals surface area contributed by atoms with E-state index in [0.717, 1.165) is 22.3 Å². The van der Waals surface area contributed by atoms with E-state index in [2.05, 4.69) is 29.6 Å². The fourth-order valence-electron chi connectivity index (χ4n) is 4.55. The number of likely N-dealkylation sites (tertiary alicyclic amines) is 1. The summed E-state index contributed by atoms with van der Waals surface area (Å²) in [5.41, 5.74) is 3.73. The van der Waals surface area contributed by atoms with Gasteiger partial charge in [0.25, 0.3) is 0 Å². The molecule has 1 saturated heterocycles. The van der Waals surface area contributed by atoms with Crippen LogP contribution in [0.1, 0.15) is 43.7 Å². The highest BCUT2D eigenvalue weighted by Crippen LogP contribution is 2.44. The SMILES string of the molecule is CC[C@H](CC(=O)N1CC(C)(C(=O)O)C1)NC(=O)OCC1c2ccccc2-c2ccccc21. The number of alkyl carbamates (subject to hydrolysis) is 1. The summed E-state index contributed by atoms with van der Waals surface area (Å²) in [5, 5.41) is 12.0. The number of carbonyl (C=O) groups is 3. The molecule has 0 aromatic heterocycles. The van der Waals surface area contributed by atoms with Gasteiger partial charge in [-0.25, -0.2) is 4.79 Å². The van der Waals surface area contributed by atoms with E-state index in [1.807, 2.05) is 31.2 Å². The smallest absolute Gasteiger partial charge is 0.407 e. The van der Waals surface area contributed by atoms with Gasteiger partial charge in [-0.2, -0.15) is 0 Å². The molecular formula is C25H28N2O5. The standard InChI is InChI=1S/C25H28N2O5/c1-3-16(12-22(28)27-14-25(2,15-27)23(29)30)26-24(31)32-13-21-19-10-6-4-8-17(19)18-9-5-7-11-20(18)21/h4-11,16,21H,3,12-15H2,1-2H3,(H,26,31)(H,29,30)/t16-/m1/s1. The minimum Gasteiger partial charge on any atom is -0.481 e. The zero-order valence-corrected chi connectivity index (χ0v) is 18.3. The lowest BCUT2D eigenvalue weighted by atomic mass is 9.82. The molecule has 0 radical (unpaired) electrons. The van der Waals surface area contributed by atoms with Crippen LogP contribution in [0.3, 0.4) is 0 Å². The number of hydrogen-bond acceptors (Lipinski definition) is 4. The first-order chi connectivity index (χ1) is 15.3. The number of carbonyl (C=O) groups excluding carboxylic acids is 2. The Labute approximate surface area is 187 Å². The average Bonchev–Trinajstić information content (AvgIpc) is 3.08. The monoisotopic (exact) mass is 436 g/mol. The van der Waals surface area contributed by atoms with Crippen LogP contribution in [0.2, 0.25) is 0 Å². The molecule has 1 aliphatic carbocycles. The Hall–Kier alpha value is -3.35. The van der Waals surface area contributed by atoms with Gasteiger partial charge in [-0.3, -0.25) is 9.59 Å². The number of amides is 2. The van der Waals surface area contributed by atoms with E-state index in [0.29, 0.717) is 6.42 Å². The molecule has 7 nitrogen and oxygen atoms in total. The molecule has 1 atom stereocenters. The Morgan fingerprint density at radius 1 is 1.09 bits per heavy atom. The van der Waals surface area contributed by atoms with Gasteiger partial charge in [-0.15, -0.1) is 0 Å². The maximum Gasteiger partial charge on any atom is 0.407 e. The summed E-state index contributed by atoms with van der Waals surface area (Å²) in [6.07, 6.45) is 0.140. The highest BCUT2D eigenvalue weighted by molar-refractivity contribution is 5.84. The number of ether oxygens (including phenoxy) is 1. The molecule has 0 unspecified atom stereocenters. The average molecular weight is 437 g/mol. The van der Waals surface area contributed by atoms with Crippen molar-refractivity contribution in [3.63, 3.8) is 0 Å². The molecule has 0 saturated carbocycles. The molecule has 2 N–H and O–H groups in total. The summed E-state index contributed by atoms with van der Waals surface area (Å²) < 4.78 is 5.57. The summed E-state index contributed by atoms with van der Waals surface area (Å²) in [5.74, 6) is -1.08. The third kappa shape index (κ3) is 4.07. The molecule has 0 bridgehead atoms. The summed E-state index contributed by atoms with van der Waals surface area (Å²) >= 11 is 0. The maximum atomic E-state index is 12.5. The lowest BCUT2D eigenvalue weighted by Crippen LogP contribution is -2.61. The summed E-state index contributed by atoms with van der Waals surface area (Å²) in [4.78, 5) is 37.7. The highest BCUT2D eigenvalue weighted by Gasteiger charge is 2.47. The van der Waals surface area contributed by atoms with Crippen LogP contribution in [0.5, 0.6) is 0 Å². The van der Waals surface area contributed by atoms with E-state index in [9.17, 15) is 19.5 Å². The van der Waals surface area contributed by atoms with Gasteiger partial charge in [0.15, 0.2) is 0 Å². The minimum atomic E-state index is -0.898. The van der Waals surface area contributed by atoms with Gasteiger partial charge in [0, 0.05) is 31.5 Å². The first kappa shape index (κ1) is 21.9. The first-order valence-corrected chi connectivity index (χ1v) is 10.9. The number of aliphatic carboxylic acids is 1. The molecule has 1 heterocycles. The quantitative estimate of drug-likeness (QED) is 0.691. The van der Waals surface area contributed by atoms with Crippen LogP contribution in [0.4, 0.5) is 4.79 Å². The topological polar surface area (TPSA) is 95.9 Å². The molecule has 32 heavy (non-hydrogen) atoms. The van der Waals surface area contributed by atoms with Crippen LogP contribution >= 0.6 is 0 Å². The molecule has 2 aromatic carbocycles. The number of benzene rings is 2. The fourth-order valence-corrected chi connectivity index (χ4v) is 4.55. The van der Waals surface area contributed by atoms with Crippen LogP contribution in [-0.4, -0.2) is 53.7 Å². The van der Waals surface area contributed by atoms with Crippen LogP contribution in [0.15, 0.2) is 48.5 Å². The molecule has 1 fully saturated rings. The molecule has 1 aliphatic heterocycles. The third-order valence-electron chi connectivity index (χ3n) is 6.53. The van der Waals surface area contributed by atoms with E-state index in [4.69, 9.17) is 4.74 Å². The molecule has 2 amide bonds. The molecule has 2 aromatic rings. The van der Waals surface area contributed by atoms with E-state index < -0.39 is 17.5 Å². The van der Waals surface area contributed by atoms with E-state index in [-0.39, 0.29) is 44.0 Å². The van der Waals surface area contributed by atoms with Crippen molar-refractivity contribution >= 4 is 18.0 Å². The zero-order valence-electron chi connectivity index (χ0n) is 18.3. The molecule has 0 spiro atoms. The molecule has 2 aliphatic rings. The van der Waals surface area contributed by atoms with Crippen LogP contribution in [-0.2, 0) is 14.3 Å². The lowest BCUT2D eigenvalue weighted by Gasteiger charge is -2.45. The van der Waals surface area contributed by atoms with Gasteiger partial charge in [0.1, 0.15) is 6.61 Å². The number of hydrogen-bond donors (Lipinski definition) is 2. The Kier molecular flexibility index (Phi) is 5.91. The number of nitrogens with zero attached hydrogens (tertiary/aromatic N) is 1. The summed E-state index contributed by atoms with van der Waals surface area (Å²) in [6, 6.07) is 15.9. The largest absolute Gasteiger partial charge is 0.481 e. The van der Waals surface area contributed by atoms with Gasteiger partial charge in [-0.1, -0.05) is 55.5 Å². The van der Waals surface area contributed by atoms with Gasteiger partial charge in [-0.05, 0) is 35.6 Å². The number of nitrogens with one attached hydrogen (secondary N) is 1. The van der Waals surface area contributed by atoms with Gasteiger partial charge in [0.2, 0.25) is 5.91 Å². The van der Waals surface area contributed by atoms with Gasteiger partial charge < -0.3 is 20.1 Å². The second kappa shape index (κ2) is 8.65. The van der Waals surface area contributed by atoms with Crippen molar-refractivity contribution in [2.45, 2.75) is 38.6 Å². The van der Waals surface area contributed by atoms with E-state index in [1.165, 1.54) is 4.90 Å². The van der Waals surface area contributed by atoms with Gasteiger partial charge in [0.05, 0.1) is 5.41 Å². The molecule has 7 heteroatoms. The summed E-state index contributed by atoms with van der Waals surface area (Å²) in [6.45, 7) is 4.13. The van der Waals surface area contributed by atoms with Gasteiger partial charge >= 0.3 is 12.1 Å². The van der Waals surface area contributed by atoms with Crippen LogP contribution in [0, 0.1) is 5.41 Å². The molecular weight excluding hydrogens is 408 g/mol. The maximum absolute atomic E-state index is 12.5. The minimum absolute atomic E-state index is 0.0235. The highest BCUT2D eigenvalue weighted by atomic mass is 16.5. The second-order valence-corrected chi connectivity index (χ2v) is 8.89. The van der Waals surface area contributed by atoms with Crippen molar-refractivity contribution in [1.82, 2.24) is 10.2 Å². The predicted octanol–water partition coefficient (Wildman–Crippen LogP) is 3.63. The van der Waals surface area contributed by atoms with E-state index in [1.54, 1.807) is 6.92 Å². The van der Waals surface area contributed by atoms with Crippen molar-refractivity contribution in [2.24, 2.45) is 5.41 Å². The number of rotatable bonds is 7. The number of carboxylic acid groups (broad SMARTS) is 1. The first-order valence-electron chi connectivity index (χ1n) is 10.9. The number of fused-ring (bicyclic) bond motifs is 3. The van der Waals surface area contributed by atoms with Crippen LogP contribution in [0.25, 0.3) is 11.1 Å². The zero-order chi connectivity index (χ0) is 22.9. The van der Waals surface area contributed by atoms with Crippen molar-refractivity contribution in [1.29, 1.82) is 0 Å². The van der Waals surface area contributed by atoms with Crippen molar-refractivity contribution in [3.8, 4) is 11.1 Å². The lowest BCUT2D eigenvalue weighted by molar-refractivity contribution is -0.164. The fraction of sp³-hybridized carbons (Fsp3) is 0.400. The Morgan fingerprint density at radius 3 is 2.19 bits per heavy atom. The second-order valence-electron chi connectivity index (χ2n) is 8.89. The Balaban J connectivity index is 1.32. The molecule has 168 valence electrons. The van der Waals surface area contributed by atoms with E-state index >= 15 is 0 Å². The molecule has 4 rings (SSSR count). The van der Waals surface area contributed by atoms with Crippen molar-refractivity contribution in [2.75, 3.05) is 19.7 Å². The Morgan fingerprint density at radius 2 is 1.66 bits per heavy atom.